The molecule has 2 aromatic carbocycles. The third-order valence-electron chi connectivity index (χ3n) is 5.91. The van der Waals surface area contributed by atoms with Crippen LogP contribution in [0.2, 0.25) is 5.02 Å². The molecule has 0 aromatic heterocycles. The predicted molar refractivity (Wildman–Crippen MR) is 102 cm³/mol. The number of hydrogen-bond acceptors (Lipinski definition) is 2. The molecule has 0 radical (unpaired) electrons. The van der Waals surface area contributed by atoms with E-state index in [4.69, 9.17) is 11.6 Å². The minimum Gasteiger partial charge on any atom is -0.347 e. The van der Waals surface area contributed by atoms with Crippen molar-refractivity contribution in [3.63, 3.8) is 0 Å². The van der Waals surface area contributed by atoms with Gasteiger partial charge in [0, 0.05) is 27.7 Å². The second-order valence-corrected chi connectivity index (χ2v) is 8.15. The van der Waals surface area contributed by atoms with Crippen molar-refractivity contribution < 1.29 is 9.59 Å². The Hall–Kier alpha value is -2.33. The van der Waals surface area contributed by atoms with Crippen LogP contribution in [0.15, 0.2) is 54.6 Å². The number of nitrogens with one attached hydrogen (secondary N) is 2. The zero-order valence-electron chi connectivity index (χ0n) is 14.6. The third kappa shape index (κ3) is 2.88. The van der Waals surface area contributed by atoms with Gasteiger partial charge in [-0.3, -0.25) is 9.59 Å². The lowest BCUT2D eigenvalue weighted by atomic mass is 9.36. The van der Waals surface area contributed by atoms with Gasteiger partial charge in [-0.1, -0.05) is 36.7 Å². The largest absolute Gasteiger partial charge is 0.347 e. The van der Waals surface area contributed by atoms with Crippen molar-refractivity contribution in [2.24, 2.45) is 11.3 Å². The summed E-state index contributed by atoms with van der Waals surface area (Å²) < 4.78 is 0. The van der Waals surface area contributed by atoms with Crippen molar-refractivity contribution in [3.8, 4) is 0 Å². The van der Waals surface area contributed by atoms with Gasteiger partial charge in [0.15, 0.2) is 0 Å². The monoisotopic (exact) mass is 368 g/mol. The molecule has 0 saturated heterocycles. The van der Waals surface area contributed by atoms with Crippen LogP contribution >= 0.6 is 11.6 Å². The van der Waals surface area contributed by atoms with Crippen molar-refractivity contribution in [2.45, 2.75) is 31.7 Å². The van der Waals surface area contributed by atoms with E-state index in [1.807, 2.05) is 37.3 Å². The number of rotatable bonds is 5. The maximum atomic E-state index is 12.6. The van der Waals surface area contributed by atoms with Crippen LogP contribution in [0.4, 0.5) is 5.69 Å². The first-order chi connectivity index (χ1) is 12.4. The van der Waals surface area contributed by atoms with Gasteiger partial charge in [-0.25, -0.2) is 0 Å². The summed E-state index contributed by atoms with van der Waals surface area (Å²) in [5.41, 5.74) is 1.33. The molecular weight excluding hydrogens is 348 g/mol. The topological polar surface area (TPSA) is 58.2 Å². The van der Waals surface area contributed by atoms with E-state index in [1.54, 1.807) is 24.3 Å². The zero-order chi connectivity index (χ0) is 18.4. The van der Waals surface area contributed by atoms with Gasteiger partial charge in [-0.05, 0) is 61.1 Å². The molecule has 5 rings (SSSR count). The van der Waals surface area contributed by atoms with Crippen LogP contribution in [-0.2, 0) is 4.79 Å². The molecule has 3 aliphatic rings. The first-order valence-corrected chi connectivity index (χ1v) is 9.23. The molecule has 3 saturated carbocycles. The Bertz CT molecular complexity index is 828. The molecule has 134 valence electrons. The molecule has 0 heterocycles. The van der Waals surface area contributed by atoms with E-state index in [1.165, 1.54) is 0 Å². The number of amides is 2. The number of benzene rings is 2. The van der Waals surface area contributed by atoms with E-state index in [0.29, 0.717) is 10.6 Å². The highest BCUT2D eigenvalue weighted by molar-refractivity contribution is 6.30. The minimum atomic E-state index is -0.123. The average Bonchev–Trinajstić information content (AvgIpc) is 2.58. The summed E-state index contributed by atoms with van der Waals surface area (Å²) >= 11 is 5.88. The molecule has 1 atom stereocenters. The van der Waals surface area contributed by atoms with Crippen LogP contribution in [0.25, 0.3) is 0 Å². The van der Waals surface area contributed by atoms with Gasteiger partial charge in [-0.2, -0.15) is 0 Å². The van der Waals surface area contributed by atoms with Crippen molar-refractivity contribution in [1.82, 2.24) is 5.32 Å². The fourth-order valence-corrected chi connectivity index (χ4v) is 4.55. The van der Waals surface area contributed by atoms with Crippen LogP contribution in [0.5, 0.6) is 0 Å². The molecule has 5 heteroatoms. The number of hydrogen-bond donors (Lipinski definition) is 2. The number of carbonyl (C=O) groups excluding carboxylic acids is 2. The summed E-state index contributed by atoms with van der Waals surface area (Å²) in [6.45, 7) is 1.98. The van der Waals surface area contributed by atoms with Gasteiger partial charge < -0.3 is 10.6 Å². The van der Waals surface area contributed by atoms with Gasteiger partial charge in [0.1, 0.15) is 0 Å². The Kier molecular flexibility index (Phi) is 4.03. The lowest BCUT2D eigenvalue weighted by Gasteiger charge is -2.72. The van der Waals surface area contributed by atoms with E-state index in [-0.39, 0.29) is 28.7 Å². The van der Waals surface area contributed by atoms with E-state index < -0.39 is 0 Å². The second kappa shape index (κ2) is 6.13. The third-order valence-corrected chi connectivity index (χ3v) is 6.16. The molecule has 0 spiro atoms. The standard InChI is InChI=1S/C21H21ClN2O2/c1-14(18(25)23-17-9-7-16(22)8-10-17)20-11-21(12-20,13-20)24-19(26)15-5-3-2-4-6-15/h2-10,14H,11-13H2,1H3,(H,23,25)(H,24,26). The molecule has 2 bridgehead atoms. The van der Waals surface area contributed by atoms with Crippen molar-refractivity contribution in [3.05, 3.63) is 65.2 Å². The fourth-order valence-electron chi connectivity index (χ4n) is 4.42. The second-order valence-electron chi connectivity index (χ2n) is 7.71. The maximum Gasteiger partial charge on any atom is 0.251 e. The highest BCUT2D eigenvalue weighted by atomic mass is 35.5. The van der Waals surface area contributed by atoms with Gasteiger partial charge in [0.2, 0.25) is 5.91 Å². The number of halogens is 1. The summed E-state index contributed by atoms with van der Waals surface area (Å²) in [5, 5.41) is 6.77. The molecular formula is C21H21ClN2O2. The highest BCUT2D eigenvalue weighted by Gasteiger charge is 2.71. The van der Waals surface area contributed by atoms with Crippen molar-refractivity contribution >= 4 is 29.1 Å². The van der Waals surface area contributed by atoms with Gasteiger partial charge in [0.05, 0.1) is 0 Å². The van der Waals surface area contributed by atoms with E-state index in [2.05, 4.69) is 10.6 Å². The van der Waals surface area contributed by atoms with E-state index in [9.17, 15) is 9.59 Å². The summed E-state index contributed by atoms with van der Waals surface area (Å²) in [6.07, 6.45) is 2.61. The number of carbonyl (C=O) groups is 2. The molecule has 3 fully saturated rings. The Labute approximate surface area is 157 Å². The fraction of sp³-hybridized carbons (Fsp3) is 0.333. The van der Waals surface area contributed by atoms with Crippen LogP contribution in [-0.4, -0.2) is 17.4 Å². The summed E-state index contributed by atoms with van der Waals surface area (Å²) in [4.78, 5) is 24.9. The van der Waals surface area contributed by atoms with Crippen molar-refractivity contribution in [2.75, 3.05) is 5.32 Å². The van der Waals surface area contributed by atoms with E-state index in [0.717, 1.165) is 24.9 Å². The molecule has 2 amide bonds. The van der Waals surface area contributed by atoms with Crippen LogP contribution in [0, 0.1) is 11.3 Å². The Morgan fingerprint density at radius 3 is 2.23 bits per heavy atom. The van der Waals surface area contributed by atoms with Crippen LogP contribution < -0.4 is 10.6 Å². The summed E-state index contributed by atoms with van der Waals surface area (Å²) in [6, 6.07) is 16.4. The van der Waals surface area contributed by atoms with Gasteiger partial charge in [-0.15, -0.1) is 0 Å². The molecule has 0 aliphatic heterocycles. The molecule has 2 N–H and O–H groups in total. The van der Waals surface area contributed by atoms with Crippen LogP contribution in [0.1, 0.15) is 36.5 Å². The molecule has 1 unspecified atom stereocenters. The quantitative estimate of drug-likeness (QED) is 0.828. The molecule has 4 nitrogen and oxygen atoms in total. The van der Waals surface area contributed by atoms with E-state index >= 15 is 0 Å². The van der Waals surface area contributed by atoms with Crippen molar-refractivity contribution in [1.29, 1.82) is 0 Å². The van der Waals surface area contributed by atoms with Gasteiger partial charge >= 0.3 is 0 Å². The number of anilines is 1. The highest BCUT2D eigenvalue weighted by Crippen LogP contribution is 2.70. The first-order valence-electron chi connectivity index (χ1n) is 8.86. The maximum absolute atomic E-state index is 12.6. The Morgan fingerprint density at radius 1 is 1.00 bits per heavy atom. The lowest BCUT2D eigenvalue weighted by Crippen LogP contribution is -2.77. The smallest absolute Gasteiger partial charge is 0.251 e. The molecule has 3 aliphatic carbocycles. The molecule has 2 aromatic rings. The predicted octanol–water partition coefficient (Wildman–Crippen LogP) is 4.27. The van der Waals surface area contributed by atoms with Gasteiger partial charge in [0.25, 0.3) is 5.91 Å². The SMILES string of the molecule is CC(C(=O)Nc1ccc(Cl)cc1)C12CC(NC(=O)c3ccccc3)(C1)C2. The lowest BCUT2D eigenvalue weighted by molar-refractivity contribution is -0.184. The molecule has 26 heavy (non-hydrogen) atoms. The normalized spacial score (nSPS) is 26.8. The Morgan fingerprint density at radius 2 is 1.62 bits per heavy atom. The first kappa shape index (κ1) is 17.1. The summed E-state index contributed by atoms with van der Waals surface area (Å²) in [5.74, 6) is -0.0964. The van der Waals surface area contributed by atoms with Crippen LogP contribution in [0.3, 0.4) is 0 Å². The Balaban J connectivity index is 1.33. The minimum absolute atomic E-state index is 0.0144. The average molecular weight is 369 g/mol. The zero-order valence-corrected chi connectivity index (χ0v) is 15.3. The summed E-state index contributed by atoms with van der Waals surface area (Å²) in [7, 11) is 0.